The fourth-order valence-electron chi connectivity index (χ4n) is 4.48. The van der Waals surface area contributed by atoms with Crippen LogP contribution in [0.15, 0.2) is 30.3 Å². The number of hydrogen-bond donors (Lipinski definition) is 1. The number of nitrogens with zero attached hydrogens (tertiary/aromatic N) is 2. The van der Waals surface area contributed by atoms with Crippen LogP contribution in [0.5, 0.6) is 0 Å². The molecule has 0 aromatic heterocycles. The molecule has 28 heavy (non-hydrogen) atoms. The molecule has 0 saturated carbocycles. The van der Waals surface area contributed by atoms with E-state index in [2.05, 4.69) is 24.1 Å². The molecule has 1 N–H and O–H groups in total. The smallest absolute Gasteiger partial charge is 0.253 e. The Labute approximate surface area is 169 Å². The minimum absolute atomic E-state index is 0.0213. The fraction of sp³-hybridized carbons (Fsp3) is 0.652. The van der Waals surface area contributed by atoms with Crippen molar-refractivity contribution in [3.05, 3.63) is 35.9 Å². The van der Waals surface area contributed by atoms with Crippen LogP contribution in [0.1, 0.15) is 63.2 Å². The standard InChI is InChI=1S/C23H35N3O2/c1-22(2,26-15-8-5-9-16-26)17-24-21(28)23(3)13-10-14-25(18-23)20(27)19-11-6-4-7-12-19/h4,6-7,11-12H,5,8-10,13-18H2,1-3H3,(H,24,28)/t23-/m1/s1. The molecule has 0 radical (unpaired) electrons. The minimum atomic E-state index is -0.527. The number of hydrogen-bond acceptors (Lipinski definition) is 3. The molecule has 2 heterocycles. The van der Waals surface area contributed by atoms with E-state index in [0.717, 1.165) is 32.5 Å². The molecule has 0 spiro atoms. The van der Waals surface area contributed by atoms with Gasteiger partial charge in [-0.1, -0.05) is 24.6 Å². The Kier molecular flexibility index (Phi) is 6.43. The molecule has 0 unspecified atom stereocenters. The van der Waals surface area contributed by atoms with Crippen LogP contribution in [-0.2, 0) is 4.79 Å². The second-order valence-corrected chi connectivity index (χ2v) is 9.30. The molecule has 154 valence electrons. The summed E-state index contributed by atoms with van der Waals surface area (Å²) in [5, 5.41) is 3.21. The third-order valence-electron chi connectivity index (χ3n) is 6.45. The van der Waals surface area contributed by atoms with E-state index in [1.165, 1.54) is 19.3 Å². The molecule has 3 rings (SSSR count). The van der Waals surface area contributed by atoms with Gasteiger partial charge in [0.1, 0.15) is 0 Å². The third-order valence-corrected chi connectivity index (χ3v) is 6.45. The summed E-state index contributed by atoms with van der Waals surface area (Å²) in [6.07, 6.45) is 5.47. The number of piperidine rings is 2. The Morgan fingerprint density at radius 2 is 1.71 bits per heavy atom. The van der Waals surface area contributed by atoms with Crippen LogP contribution in [0.25, 0.3) is 0 Å². The average Bonchev–Trinajstić information content (AvgIpc) is 2.73. The SMILES string of the molecule is CC(C)(CNC(=O)[C@]1(C)CCCN(C(=O)c2ccccc2)C1)N1CCCCC1. The first kappa shape index (κ1) is 20.8. The van der Waals surface area contributed by atoms with Crippen molar-refractivity contribution in [2.24, 2.45) is 5.41 Å². The van der Waals surface area contributed by atoms with Crippen molar-refractivity contribution in [3.8, 4) is 0 Å². The zero-order valence-electron chi connectivity index (χ0n) is 17.7. The van der Waals surface area contributed by atoms with Crippen molar-refractivity contribution >= 4 is 11.8 Å². The van der Waals surface area contributed by atoms with Crippen molar-refractivity contribution in [2.45, 2.75) is 58.4 Å². The van der Waals surface area contributed by atoms with Crippen LogP contribution in [0.2, 0.25) is 0 Å². The lowest BCUT2D eigenvalue weighted by Crippen LogP contribution is -2.57. The topological polar surface area (TPSA) is 52.7 Å². The van der Waals surface area contributed by atoms with Crippen molar-refractivity contribution in [1.82, 2.24) is 15.1 Å². The Bertz CT molecular complexity index is 682. The molecule has 2 fully saturated rings. The summed E-state index contributed by atoms with van der Waals surface area (Å²) in [4.78, 5) is 30.2. The molecule has 1 aromatic rings. The lowest BCUT2D eigenvalue weighted by Gasteiger charge is -2.43. The monoisotopic (exact) mass is 385 g/mol. The highest BCUT2D eigenvalue weighted by Crippen LogP contribution is 2.31. The molecule has 0 bridgehead atoms. The number of carbonyl (C=O) groups excluding carboxylic acids is 2. The maximum atomic E-state index is 13.1. The van der Waals surface area contributed by atoms with Gasteiger partial charge in [0, 0.05) is 30.7 Å². The summed E-state index contributed by atoms with van der Waals surface area (Å²) >= 11 is 0. The zero-order valence-corrected chi connectivity index (χ0v) is 17.7. The van der Waals surface area contributed by atoms with Crippen LogP contribution in [0.4, 0.5) is 0 Å². The van der Waals surface area contributed by atoms with Gasteiger partial charge < -0.3 is 10.2 Å². The highest BCUT2D eigenvalue weighted by molar-refractivity contribution is 5.95. The van der Waals surface area contributed by atoms with Gasteiger partial charge in [-0.25, -0.2) is 0 Å². The molecule has 1 aromatic carbocycles. The maximum absolute atomic E-state index is 13.1. The van der Waals surface area contributed by atoms with Gasteiger partial charge in [-0.15, -0.1) is 0 Å². The molecule has 2 amide bonds. The Balaban J connectivity index is 1.60. The van der Waals surface area contributed by atoms with E-state index < -0.39 is 5.41 Å². The first-order valence-electron chi connectivity index (χ1n) is 10.7. The molecular weight excluding hydrogens is 350 g/mol. The summed E-state index contributed by atoms with van der Waals surface area (Å²) < 4.78 is 0. The normalized spacial score (nSPS) is 24.0. The second kappa shape index (κ2) is 8.64. The molecule has 2 saturated heterocycles. The molecule has 5 heteroatoms. The molecule has 2 aliphatic heterocycles. The number of carbonyl (C=O) groups is 2. The lowest BCUT2D eigenvalue weighted by molar-refractivity contribution is -0.133. The predicted molar refractivity (Wildman–Crippen MR) is 112 cm³/mol. The van der Waals surface area contributed by atoms with Gasteiger partial charge in [0.2, 0.25) is 5.91 Å². The van der Waals surface area contributed by atoms with E-state index in [4.69, 9.17) is 0 Å². The quantitative estimate of drug-likeness (QED) is 0.846. The Morgan fingerprint density at radius 3 is 2.39 bits per heavy atom. The Morgan fingerprint density at radius 1 is 1.04 bits per heavy atom. The van der Waals surface area contributed by atoms with Crippen LogP contribution >= 0.6 is 0 Å². The third kappa shape index (κ3) is 4.75. The zero-order chi connectivity index (χ0) is 20.2. The number of nitrogens with one attached hydrogen (secondary N) is 1. The highest BCUT2D eigenvalue weighted by atomic mass is 16.2. The van der Waals surface area contributed by atoms with Gasteiger partial charge in [-0.3, -0.25) is 14.5 Å². The number of likely N-dealkylation sites (tertiary alicyclic amines) is 2. The van der Waals surface area contributed by atoms with E-state index in [1.807, 2.05) is 42.2 Å². The van der Waals surface area contributed by atoms with Crippen molar-refractivity contribution in [2.75, 3.05) is 32.7 Å². The first-order valence-corrected chi connectivity index (χ1v) is 10.7. The van der Waals surface area contributed by atoms with Gasteiger partial charge in [0.05, 0.1) is 5.41 Å². The maximum Gasteiger partial charge on any atom is 0.253 e. The van der Waals surface area contributed by atoms with Gasteiger partial charge in [0.15, 0.2) is 0 Å². The van der Waals surface area contributed by atoms with E-state index in [9.17, 15) is 9.59 Å². The number of rotatable bonds is 5. The lowest BCUT2D eigenvalue weighted by atomic mass is 9.80. The molecule has 1 atom stereocenters. The van der Waals surface area contributed by atoms with Gasteiger partial charge in [0.25, 0.3) is 5.91 Å². The van der Waals surface area contributed by atoms with Crippen LogP contribution < -0.4 is 5.32 Å². The molecule has 0 aliphatic carbocycles. The van der Waals surface area contributed by atoms with Crippen LogP contribution in [0.3, 0.4) is 0 Å². The summed E-state index contributed by atoms with van der Waals surface area (Å²) in [7, 11) is 0. The van der Waals surface area contributed by atoms with Gasteiger partial charge in [-0.05, 0) is 71.7 Å². The van der Waals surface area contributed by atoms with Gasteiger partial charge in [-0.2, -0.15) is 0 Å². The largest absolute Gasteiger partial charge is 0.354 e. The minimum Gasteiger partial charge on any atom is -0.354 e. The fourth-order valence-corrected chi connectivity index (χ4v) is 4.48. The second-order valence-electron chi connectivity index (χ2n) is 9.30. The Hall–Kier alpha value is -1.88. The van der Waals surface area contributed by atoms with E-state index in [-0.39, 0.29) is 17.4 Å². The molecular formula is C23H35N3O2. The summed E-state index contributed by atoms with van der Waals surface area (Å²) in [6, 6.07) is 9.36. The number of benzene rings is 1. The van der Waals surface area contributed by atoms with E-state index in [1.54, 1.807) is 0 Å². The molecule has 5 nitrogen and oxygen atoms in total. The van der Waals surface area contributed by atoms with E-state index in [0.29, 0.717) is 18.7 Å². The highest BCUT2D eigenvalue weighted by Gasteiger charge is 2.40. The summed E-state index contributed by atoms with van der Waals surface area (Å²) in [5.41, 5.74) is 0.125. The van der Waals surface area contributed by atoms with Gasteiger partial charge >= 0.3 is 0 Å². The average molecular weight is 386 g/mol. The van der Waals surface area contributed by atoms with Crippen LogP contribution in [0, 0.1) is 5.41 Å². The number of amides is 2. The van der Waals surface area contributed by atoms with Crippen molar-refractivity contribution in [1.29, 1.82) is 0 Å². The van der Waals surface area contributed by atoms with Crippen LogP contribution in [-0.4, -0.2) is 59.9 Å². The van der Waals surface area contributed by atoms with E-state index >= 15 is 0 Å². The van der Waals surface area contributed by atoms with Crippen molar-refractivity contribution in [3.63, 3.8) is 0 Å². The predicted octanol–water partition coefficient (Wildman–Crippen LogP) is 3.31. The molecule has 2 aliphatic rings. The van der Waals surface area contributed by atoms with Crippen molar-refractivity contribution < 1.29 is 9.59 Å². The summed E-state index contributed by atoms with van der Waals surface area (Å²) in [6.45, 7) is 10.5. The first-order chi connectivity index (χ1) is 13.3. The summed E-state index contributed by atoms with van der Waals surface area (Å²) in [5.74, 6) is 0.0936.